The van der Waals surface area contributed by atoms with Gasteiger partial charge in [-0.2, -0.15) is 0 Å². The number of rotatable bonds is 0. The first kappa shape index (κ1) is 10.1. The van der Waals surface area contributed by atoms with Gasteiger partial charge in [-0.15, -0.1) is 0 Å². The highest BCUT2D eigenvalue weighted by molar-refractivity contribution is 6.30. The molecule has 0 amide bonds. The van der Waals surface area contributed by atoms with Gasteiger partial charge in [0.2, 0.25) is 0 Å². The van der Waals surface area contributed by atoms with Crippen molar-refractivity contribution in [1.82, 2.24) is 9.97 Å². The van der Waals surface area contributed by atoms with Crippen LogP contribution in [0.15, 0.2) is 11.0 Å². The van der Waals surface area contributed by atoms with Gasteiger partial charge in [0.1, 0.15) is 0 Å². The van der Waals surface area contributed by atoms with Gasteiger partial charge < -0.3 is 4.98 Å². The maximum absolute atomic E-state index is 13.7. The predicted molar refractivity (Wildman–Crippen MR) is 56.8 cm³/mol. The quantitative estimate of drug-likeness (QED) is 0.701. The van der Waals surface area contributed by atoms with Crippen LogP contribution in [-0.2, 0) is 0 Å². The summed E-state index contributed by atoms with van der Waals surface area (Å²) in [5, 5.41) is 0.256. The van der Waals surface area contributed by atoms with E-state index in [4.69, 9.17) is 11.6 Å². The summed E-state index contributed by atoms with van der Waals surface area (Å²) in [6.45, 7) is 3.44. The van der Waals surface area contributed by atoms with Gasteiger partial charge in [-0.05, 0) is 19.4 Å². The average Bonchev–Trinajstić information content (AvgIpc) is 2.19. The average molecular weight is 227 g/mol. The van der Waals surface area contributed by atoms with Gasteiger partial charge >= 0.3 is 0 Å². The molecule has 1 N–H and O–H groups in total. The monoisotopic (exact) mass is 226 g/mol. The van der Waals surface area contributed by atoms with Crippen molar-refractivity contribution in [3.8, 4) is 0 Å². The van der Waals surface area contributed by atoms with Crippen LogP contribution < -0.4 is 5.56 Å². The van der Waals surface area contributed by atoms with Crippen LogP contribution >= 0.6 is 11.6 Å². The lowest BCUT2D eigenvalue weighted by atomic mass is 10.1. The molecule has 78 valence electrons. The topological polar surface area (TPSA) is 45.8 Å². The van der Waals surface area contributed by atoms with Crippen molar-refractivity contribution in [2.45, 2.75) is 13.8 Å². The number of nitrogens with zero attached hydrogens (tertiary/aromatic N) is 1. The minimum Gasteiger partial charge on any atom is -0.326 e. The van der Waals surface area contributed by atoms with Crippen molar-refractivity contribution in [2.24, 2.45) is 0 Å². The van der Waals surface area contributed by atoms with Gasteiger partial charge in [0.05, 0.1) is 5.39 Å². The summed E-state index contributed by atoms with van der Waals surface area (Å²) in [6.07, 6.45) is 1.28. The van der Waals surface area contributed by atoms with Gasteiger partial charge in [-0.3, -0.25) is 4.79 Å². The first-order valence-electron chi connectivity index (χ1n) is 4.35. The predicted octanol–water partition coefficient (Wildman–Crippen LogP) is 2.33. The highest BCUT2D eigenvalue weighted by atomic mass is 35.5. The second kappa shape index (κ2) is 3.31. The Morgan fingerprint density at radius 3 is 2.80 bits per heavy atom. The molecule has 5 heteroatoms. The van der Waals surface area contributed by atoms with E-state index in [1.165, 1.54) is 6.20 Å². The molecule has 0 fully saturated rings. The minimum atomic E-state index is -0.638. The summed E-state index contributed by atoms with van der Waals surface area (Å²) in [5.74, 6) is -0.638. The van der Waals surface area contributed by atoms with Crippen LogP contribution in [0.1, 0.15) is 11.3 Å². The fraction of sp³-hybridized carbons (Fsp3) is 0.200. The molecule has 0 unspecified atom stereocenters. The number of halogens is 2. The molecule has 15 heavy (non-hydrogen) atoms. The molecule has 2 aromatic rings. The molecule has 0 saturated carbocycles. The molecule has 2 aromatic heterocycles. The Balaban J connectivity index is 3.11. The summed E-state index contributed by atoms with van der Waals surface area (Å²) < 4.78 is 13.7. The zero-order valence-corrected chi connectivity index (χ0v) is 8.94. The van der Waals surface area contributed by atoms with Crippen LogP contribution in [0.2, 0.25) is 5.15 Å². The molecule has 2 heterocycles. The van der Waals surface area contributed by atoms with E-state index in [0.29, 0.717) is 11.3 Å². The summed E-state index contributed by atoms with van der Waals surface area (Å²) in [4.78, 5) is 17.7. The number of aromatic amines is 1. The fourth-order valence-corrected chi connectivity index (χ4v) is 1.66. The van der Waals surface area contributed by atoms with E-state index in [-0.39, 0.29) is 21.5 Å². The van der Waals surface area contributed by atoms with Crippen LogP contribution in [0.5, 0.6) is 0 Å². The van der Waals surface area contributed by atoms with Crippen LogP contribution in [-0.4, -0.2) is 9.97 Å². The van der Waals surface area contributed by atoms with Crippen molar-refractivity contribution < 1.29 is 4.39 Å². The third kappa shape index (κ3) is 1.41. The van der Waals surface area contributed by atoms with E-state index in [9.17, 15) is 9.18 Å². The van der Waals surface area contributed by atoms with Crippen LogP contribution in [0.25, 0.3) is 10.8 Å². The molecule has 0 saturated heterocycles. The van der Waals surface area contributed by atoms with Crippen LogP contribution in [0.4, 0.5) is 4.39 Å². The summed E-state index contributed by atoms with van der Waals surface area (Å²) in [7, 11) is 0. The Bertz CT molecular complexity index is 598. The number of aromatic nitrogens is 2. The highest BCUT2D eigenvalue weighted by Crippen LogP contribution is 2.23. The van der Waals surface area contributed by atoms with E-state index < -0.39 is 5.82 Å². The molecule has 3 nitrogen and oxygen atoms in total. The number of hydrogen-bond acceptors (Lipinski definition) is 2. The third-order valence-corrected chi connectivity index (χ3v) is 2.72. The maximum Gasteiger partial charge on any atom is 0.257 e. The van der Waals surface area contributed by atoms with E-state index in [2.05, 4.69) is 9.97 Å². The second-order valence-electron chi connectivity index (χ2n) is 3.36. The Morgan fingerprint density at radius 1 is 1.47 bits per heavy atom. The molecule has 2 rings (SSSR count). The molecular formula is C10H8ClFN2O. The lowest BCUT2D eigenvalue weighted by molar-refractivity contribution is 0.633. The zero-order chi connectivity index (χ0) is 11.2. The van der Waals surface area contributed by atoms with Gasteiger partial charge in [0.15, 0.2) is 11.0 Å². The summed E-state index contributed by atoms with van der Waals surface area (Å²) in [5.41, 5.74) is 0.955. The number of H-pyrrole nitrogens is 1. The molecule has 0 spiro atoms. The first-order valence-corrected chi connectivity index (χ1v) is 4.73. The van der Waals surface area contributed by atoms with Gasteiger partial charge in [-0.1, -0.05) is 11.6 Å². The van der Waals surface area contributed by atoms with E-state index in [1.807, 2.05) is 0 Å². The lowest BCUT2D eigenvalue weighted by Crippen LogP contribution is -2.11. The van der Waals surface area contributed by atoms with E-state index in [1.54, 1.807) is 13.8 Å². The van der Waals surface area contributed by atoms with Crippen molar-refractivity contribution in [1.29, 1.82) is 0 Å². The van der Waals surface area contributed by atoms with E-state index >= 15 is 0 Å². The molecule has 0 aliphatic carbocycles. The Morgan fingerprint density at radius 2 is 2.13 bits per heavy atom. The standard InChI is InChI=1S/C10H8ClFN2O/c1-4-5(2)14-10(15)6-3-13-9(11)8(12)7(4)6/h3H,1-2H3,(H,14,15). The molecule has 0 aliphatic rings. The molecule has 0 radical (unpaired) electrons. The summed E-state index contributed by atoms with van der Waals surface area (Å²) >= 11 is 5.57. The van der Waals surface area contributed by atoms with E-state index in [0.717, 1.165) is 0 Å². The molecule has 0 aromatic carbocycles. The SMILES string of the molecule is Cc1[nH]c(=O)c2cnc(Cl)c(F)c2c1C. The second-order valence-corrected chi connectivity index (χ2v) is 3.71. The summed E-state index contributed by atoms with van der Waals surface area (Å²) in [6, 6.07) is 0. The lowest BCUT2D eigenvalue weighted by Gasteiger charge is -2.06. The highest BCUT2D eigenvalue weighted by Gasteiger charge is 2.13. The molecular weight excluding hydrogens is 219 g/mol. The molecule has 0 aliphatic heterocycles. The van der Waals surface area contributed by atoms with Crippen molar-refractivity contribution in [3.05, 3.63) is 38.8 Å². The minimum absolute atomic E-state index is 0.212. The maximum atomic E-state index is 13.7. The Hall–Kier alpha value is -1.42. The Kier molecular flexibility index (Phi) is 2.23. The number of pyridine rings is 2. The fourth-order valence-electron chi connectivity index (χ4n) is 1.52. The number of hydrogen-bond donors (Lipinski definition) is 1. The normalized spacial score (nSPS) is 10.9. The van der Waals surface area contributed by atoms with Crippen LogP contribution in [0, 0.1) is 19.7 Å². The number of nitrogens with one attached hydrogen (secondary N) is 1. The molecule has 0 atom stereocenters. The van der Waals surface area contributed by atoms with Gasteiger partial charge in [0, 0.05) is 17.3 Å². The smallest absolute Gasteiger partial charge is 0.257 e. The Labute approximate surface area is 89.9 Å². The van der Waals surface area contributed by atoms with Gasteiger partial charge in [0.25, 0.3) is 5.56 Å². The number of fused-ring (bicyclic) bond motifs is 1. The zero-order valence-electron chi connectivity index (χ0n) is 8.19. The van der Waals surface area contributed by atoms with Gasteiger partial charge in [-0.25, -0.2) is 9.37 Å². The van der Waals surface area contributed by atoms with Crippen molar-refractivity contribution in [3.63, 3.8) is 0 Å². The molecule has 0 bridgehead atoms. The third-order valence-electron chi connectivity index (χ3n) is 2.46. The first-order chi connectivity index (χ1) is 7.02. The van der Waals surface area contributed by atoms with Crippen LogP contribution in [0.3, 0.4) is 0 Å². The van der Waals surface area contributed by atoms with Crippen molar-refractivity contribution >= 4 is 22.4 Å². The van der Waals surface area contributed by atoms with Crippen molar-refractivity contribution in [2.75, 3.05) is 0 Å². The number of aryl methyl sites for hydroxylation is 2. The largest absolute Gasteiger partial charge is 0.326 e.